The number of nitrogens with two attached hydrogens (primary N) is 1. The first kappa shape index (κ1) is 23.9. The third-order valence-corrected chi connectivity index (χ3v) is 7.60. The number of Topliss-reactive ketones (excluding diaryl/α,β-unsaturated/α-hetero) is 1. The molecule has 1 aliphatic carbocycles. The van der Waals surface area contributed by atoms with Gasteiger partial charge in [-0.1, -0.05) is 81.4 Å². The molecule has 1 heterocycles. The summed E-state index contributed by atoms with van der Waals surface area (Å²) >= 11 is 0. The lowest BCUT2D eigenvalue weighted by Crippen LogP contribution is -2.47. The van der Waals surface area contributed by atoms with Crippen molar-refractivity contribution in [2.45, 2.75) is 65.0 Å². The second-order valence-electron chi connectivity index (χ2n) is 10.6. The van der Waals surface area contributed by atoms with E-state index in [4.69, 9.17) is 5.73 Å². The van der Waals surface area contributed by atoms with Crippen LogP contribution in [0.5, 0.6) is 0 Å². The van der Waals surface area contributed by atoms with Crippen LogP contribution in [0.25, 0.3) is 0 Å². The van der Waals surface area contributed by atoms with Crippen molar-refractivity contribution < 1.29 is 14.2 Å². The fraction of sp³-hybridized carbons (Fsp3) is 0.414. The minimum absolute atomic E-state index is 0.0752. The number of hydrogen-bond donors (Lipinski definition) is 1. The van der Waals surface area contributed by atoms with Gasteiger partial charge in [0, 0.05) is 12.3 Å². The van der Waals surface area contributed by atoms with E-state index in [0.29, 0.717) is 6.54 Å². The van der Waals surface area contributed by atoms with Crippen molar-refractivity contribution in [3.63, 3.8) is 0 Å². The molecule has 2 aromatic carbocycles. The van der Waals surface area contributed by atoms with E-state index in [9.17, 15) is 9.59 Å². The fourth-order valence-corrected chi connectivity index (χ4v) is 5.59. The van der Waals surface area contributed by atoms with E-state index < -0.39 is 5.41 Å². The van der Waals surface area contributed by atoms with Crippen LogP contribution < -0.4 is 10.3 Å². The molecule has 0 unspecified atom stereocenters. The quantitative estimate of drug-likeness (QED) is 0.529. The van der Waals surface area contributed by atoms with Crippen LogP contribution in [0, 0.1) is 18.3 Å². The van der Waals surface area contributed by atoms with Gasteiger partial charge in [-0.25, -0.2) is 9.13 Å². The third-order valence-electron chi connectivity index (χ3n) is 7.60. The van der Waals surface area contributed by atoms with Crippen LogP contribution in [0.3, 0.4) is 0 Å². The number of nitrogens with zero attached hydrogens (tertiary/aromatic N) is 2. The van der Waals surface area contributed by atoms with Crippen molar-refractivity contribution in [2.75, 3.05) is 0 Å². The molecule has 0 spiro atoms. The molecule has 1 amide bonds. The third kappa shape index (κ3) is 4.20. The van der Waals surface area contributed by atoms with Crippen molar-refractivity contribution in [1.29, 1.82) is 0 Å². The molecule has 1 aliphatic rings. The van der Waals surface area contributed by atoms with Gasteiger partial charge in [0.05, 0.1) is 0 Å². The van der Waals surface area contributed by atoms with E-state index in [1.807, 2.05) is 92.2 Å². The van der Waals surface area contributed by atoms with E-state index in [0.717, 1.165) is 36.2 Å². The van der Waals surface area contributed by atoms with Crippen LogP contribution in [0.4, 0.5) is 0 Å². The molecule has 1 saturated carbocycles. The molecule has 0 saturated heterocycles. The Morgan fingerprint density at radius 2 is 1.53 bits per heavy atom. The summed E-state index contributed by atoms with van der Waals surface area (Å²) in [5.74, 6) is 1.05. The molecule has 1 fully saturated rings. The molecule has 0 bridgehead atoms. The Kier molecular flexibility index (Phi) is 6.48. The molecule has 3 aromatic rings. The van der Waals surface area contributed by atoms with E-state index in [2.05, 4.69) is 17.7 Å². The van der Waals surface area contributed by atoms with Crippen molar-refractivity contribution in [3.05, 3.63) is 90.0 Å². The smallest absolute Gasteiger partial charge is 0.253 e. The number of imidazole rings is 1. The molecular weight excluding hydrogens is 422 g/mol. The molecule has 178 valence electrons. The zero-order valence-electron chi connectivity index (χ0n) is 20.7. The van der Waals surface area contributed by atoms with Gasteiger partial charge in [0.1, 0.15) is 30.4 Å². The molecule has 0 aliphatic heterocycles. The van der Waals surface area contributed by atoms with Crippen LogP contribution in [0.2, 0.25) is 0 Å². The van der Waals surface area contributed by atoms with Crippen LogP contribution in [0.15, 0.2) is 73.1 Å². The normalized spacial score (nSPS) is 18.7. The number of primary amides is 1. The van der Waals surface area contributed by atoms with E-state index in [1.165, 1.54) is 0 Å². The van der Waals surface area contributed by atoms with Crippen molar-refractivity contribution >= 4 is 11.7 Å². The van der Waals surface area contributed by atoms with Gasteiger partial charge in [0.15, 0.2) is 5.78 Å². The molecular formula is C29H36N3O2+. The second kappa shape index (κ2) is 9.21. The lowest BCUT2D eigenvalue weighted by molar-refractivity contribution is -0.690. The standard InChI is InChI=1S/C29H35N3O2/c1-21-31(20-26(33)28(2,3)4)17-18-32(21)25-16-15-24(19-25)29(27(30)34,22-11-7-5-8-12-22)23-13-9-6-10-14-23/h5-14,17-18,24-25H,15-16,19-20H2,1-4H3,(H-,30,34)/p+1/t24-,25+/m1/s1. The maximum absolute atomic E-state index is 13.3. The monoisotopic (exact) mass is 458 g/mol. The number of ketones is 1. The molecule has 4 rings (SSSR count). The number of carbonyl (C=O) groups excluding carboxylic acids is 2. The number of hydrogen-bond acceptors (Lipinski definition) is 2. The van der Waals surface area contributed by atoms with Gasteiger partial charge in [-0.05, 0) is 36.3 Å². The zero-order chi connectivity index (χ0) is 24.5. The SMILES string of the molecule is Cc1n([C@H]2CC[C@@H](C(C(N)=O)(c3ccccc3)c3ccccc3)C2)cc[n+]1CC(=O)C(C)(C)C. The van der Waals surface area contributed by atoms with Gasteiger partial charge in [0.2, 0.25) is 5.91 Å². The van der Waals surface area contributed by atoms with E-state index in [-0.39, 0.29) is 29.1 Å². The highest BCUT2D eigenvalue weighted by molar-refractivity contribution is 5.91. The average molecular weight is 459 g/mol. The lowest BCUT2D eigenvalue weighted by Gasteiger charge is -2.37. The zero-order valence-corrected chi connectivity index (χ0v) is 20.7. The fourth-order valence-electron chi connectivity index (χ4n) is 5.59. The minimum Gasteiger partial charge on any atom is -0.369 e. The lowest BCUT2D eigenvalue weighted by atomic mass is 9.64. The van der Waals surface area contributed by atoms with Crippen LogP contribution in [-0.2, 0) is 21.5 Å². The summed E-state index contributed by atoms with van der Waals surface area (Å²) in [6, 6.07) is 20.2. The first-order valence-corrected chi connectivity index (χ1v) is 12.2. The molecule has 5 heteroatoms. The second-order valence-corrected chi connectivity index (χ2v) is 10.6. The topological polar surface area (TPSA) is 69.0 Å². The predicted molar refractivity (Wildman–Crippen MR) is 133 cm³/mol. The van der Waals surface area contributed by atoms with Crippen LogP contribution >= 0.6 is 0 Å². The molecule has 1 aromatic heterocycles. The van der Waals surface area contributed by atoms with E-state index >= 15 is 0 Å². The summed E-state index contributed by atoms with van der Waals surface area (Å²) in [5.41, 5.74) is 6.90. The molecule has 0 radical (unpaired) electrons. The Morgan fingerprint density at radius 3 is 2.03 bits per heavy atom. The summed E-state index contributed by atoms with van der Waals surface area (Å²) in [5, 5.41) is 0. The first-order valence-electron chi connectivity index (χ1n) is 12.2. The maximum Gasteiger partial charge on any atom is 0.253 e. The Bertz CT molecular complexity index is 1120. The van der Waals surface area contributed by atoms with Crippen LogP contribution in [0.1, 0.15) is 63.0 Å². The van der Waals surface area contributed by atoms with Gasteiger partial charge in [-0.3, -0.25) is 9.59 Å². The van der Waals surface area contributed by atoms with Gasteiger partial charge in [-0.2, -0.15) is 0 Å². The van der Waals surface area contributed by atoms with Gasteiger partial charge >= 0.3 is 0 Å². The Balaban J connectivity index is 1.68. The number of rotatable bonds is 7. The van der Waals surface area contributed by atoms with E-state index in [1.54, 1.807) is 0 Å². The largest absolute Gasteiger partial charge is 0.369 e. The summed E-state index contributed by atoms with van der Waals surface area (Å²) in [6.07, 6.45) is 6.78. The number of aromatic nitrogens is 2. The van der Waals surface area contributed by atoms with Crippen molar-refractivity contribution in [3.8, 4) is 0 Å². The van der Waals surface area contributed by atoms with Gasteiger partial charge in [-0.15, -0.1) is 0 Å². The molecule has 2 N–H and O–H groups in total. The summed E-state index contributed by atoms with van der Waals surface area (Å²) in [6.45, 7) is 8.32. The highest BCUT2D eigenvalue weighted by atomic mass is 16.1. The number of carbonyl (C=O) groups is 2. The summed E-state index contributed by atoms with van der Waals surface area (Å²) in [4.78, 5) is 25.9. The molecule has 2 atom stereocenters. The summed E-state index contributed by atoms with van der Waals surface area (Å²) < 4.78 is 4.31. The van der Waals surface area contributed by atoms with Crippen LogP contribution in [-0.4, -0.2) is 16.3 Å². The molecule has 5 nitrogen and oxygen atoms in total. The molecule has 34 heavy (non-hydrogen) atoms. The maximum atomic E-state index is 13.3. The minimum atomic E-state index is -0.878. The highest BCUT2D eigenvalue weighted by Gasteiger charge is 2.51. The van der Waals surface area contributed by atoms with Crippen molar-refractivity contribution in [1.82, 2.24) is 4.57 Å². The predicted octanol–water partition coefficient (Wildman–Crippen LogP) is 4.51. The first-order chi connectivity index (χ1) is 16.2. The Morgan fingerprint density at radius 1 is 0.971 bits per heavy atom. The average Bonchev–Trinajstić information content (AvgIpc) is 3.42. The Hall–Kier alpha value is -3.21. The van der Waals surface area contributed by atoms with Crippen molar-refractivity contribution in [2.24, 2.45) is 17.1 Å². The van der Waals surface area contributed by atoms with Gasteiger partial charge < -0.3 is 5.73 Å². The summed E-state index contributed by atoms with van der Waals surface area (Å²) in [7, 11) is 0. The Labute approximate surface area is 202 Å². The number of amides is 1. The highest BCUT2D eigenvalue weighted by Crippen LogP contribution is 2.49. The number of benzene rings is 2. The van der Waals surface area contributed by atoms with Gasteiger partial charge in [0.25, 0.3) is 5.82 Å².